The van der Waals surface area contributed by atoms with Gasteiger partial charge in [-0.1, -0.05) is 15.9 Å². The van der Waals surface area contributed by atoms with Gasteiger partial charge in [0.25, 0.3) is 0 Å². The van der Waals surface area contributed by atoms with Crippen molar-refractivity contribution in [2.24, 2.45) is 0 Å². The van der Waals surface area contributed by atoms with E-state index in [-0.39, 0.29) is 21.9 Å². The summed E-state index contributed by atoms with van der Waals surface area (Å²) in [5.41, 5.74) is 6.19. The highest BCUT2D eigenvalue weighted by atomic mass is 79.9. The van der Waals surface area contributed by atoms with E-state index in [1.807, 2.05) is 0 Å². The first-order valence-electron chi connectivity index (χ1n) is 5.41. The molecule has 0 spiro atoms. The van der Waals surface area contributed by atoms with Gasteiger partial charge in [0.2, 0.25) is 0 Å². The number of benzene rings is 2. The third kappa shape index (κ3) is 3.33. The number of sulfone groups is 1. The maximum absolute atomic E-state index is 13.1. The summed E-state index contributed by atoms with van der Waals surface area (Å²) in [6, 6.07) is 9.98. The first-order valence-corrected chi connectivity index (χ1v) is 7.85. The first kappa shape index (κ1) is 14.0. The molecule has 0 aliphatic rings. The molecule has 0 amide bonds. The molecule has 0 atom stereocenters. The summed E-state index contributed by atoms with van der Waals surface area (Å²) in [4.78, 5) is 0.180. The van der Waals surface area contributed by atoms with E-state index >= 15 is 0 Å². The highest BCUT2D eigenvalue weighted by molar-refractivity contribution is 9.10. The molecule has 0 aromatic heterocycles. The van der Waals surface area contributed by atoms with E-state index in [1.54, 1.807) is 12.1 Å². The van der Waals surface area contributed by atoms with Crippen LogP contribution in [0.3, 0.4) is 0 Å². The molecule has 0 aliphatic carbocycles. The van der Waals surface area contributed by atoms with Gasteiger partial charge in [-0.3, -0.25) is 0 Å². The predicted molar refractivity (Wildman–Crippen MR) is 75.8 cm³/mol. The van der Waals surface area contributed by atoms with Crippen LogP contribution >= 0.6 is 15.9 Å². The molecule has 0 bridgehead atoms. The Morgan fingerprint density at radius 3 is 2.37 bits per heavy atom. The quantitative estimate of drug-likeness (QED) is 0.871. The van der Waals surface area contributed by atoms with E-state index < -0.39 is 15.7 Å². The summed E-state index contributed by atoms with van der Waals surface area (Å²) in [6.07, 6.45) is 0. The first-order chi connectivity index (χ1) is 8.88. The summed E-state index contributed by atoms with van der Waals surface area (Å²) in [6.45, 7) is 0. The Labute approximate surface area is 119 Å². The van der Waals surface area contributed by atoms with Crippen molar-refractivity contribution in [3.63, 3.8) is 0 Å². The lowest BCUT2D eigenvalue weighted by Crippen LogP contribution is -2.07. The molecule has 2 rings (SSSR count). The Morgan fingerprint density at radius 1 is 1.11 bits per heavy atom. The van der Waals surface area contributed by atoms with Gasteiger partial charge in [-0.25, -0.2) is 12.8 Å². The molecule has 2 aromatic carbocycles. The Balaban J connectivity index is 2.36. The van der Waals surface area contributed by atoms with Crippen LogP contribution in [0, 0.1) is 5.82 Å². The number of anilines is 1. The molecule has 100 valence electrons. The molecular formula is C13H11BrFNO2S. The Hall–Kier alpha value is -1.40. The van der Waals surface area contributed by atoms with Crippen molar-refractivity contribution in [3.05, 3.63) is 58.3 Å². The number of nitrogens with two attached hydrogens (primary N) is 1. The third-order valence-electron chi connectivity index (χ3n) is 2.62. The van der Waals surface area contributed by atoms with Crippen molar-refractivity contribution >= 4 is 31.5 Å². The average molecular weight is 344 g/mol. The Morgan fingerprint density at radius 2 is 1.74 bits per heavy atom. The molecule has 0 heterocycles. The standard InChI is InChI=1S/C13H11BrFNO2S/c14-10-1-4-12(5-2-10)19(17,18)8-9-7-11(15)3-6-13(9)16/h1-7H,8,16H2. The van der Waals surface area contributed by atoms with E-state index in [4.69, 9.17) is 5.73 Å². The highest BCUT2D eigenvalue weighted by Crippen LogP contribution is 2.22. The number of halogens is 2. The number of nitrogen functional groups attached to an aromatic ring is 1. The second kappa shape index (κ2) is 5.30. The zero-order valence-corrected chi connectivity index (χ0v) is 12.2. The van der Waals surface area contributed by atoms with Crippen LogP contribution in [0.5, 0.6) is 0 Å². The monoisotopic (exact) mass is 343 g/mol. The highest BCUT2D eigenvalue weighted by Gasteiger charge is 2.17. The smallest absolute Gasteiger partial charge is 0.182 e. The lowest BCUT2D eigenvalue weighted by atomic mass is 10.2. The molecule has 0 saturated heterocycles. The lowest BCUT2D eigenvalue weighted by molar-refractivity contribution is 0.594. The van der Waals surface area contributed by atoms with E-state index in [0.717, 1.165) is 10.5 Å². The molecule has 2 N–H and O–H groups in total. The average Bonchev–Trinajstić information content (AvgIpc) is 2.34. The Bertz CT molecular complexity index is 699. The summed E-state index contributed by atoms with van der Waals surface area (Å²) in [7, 11) is -3.54. The zero-order valence-electron chi connectivity index (χ0n) is 9.81. The van der Waals surface area contributed by atoms with E-state index in [2.05, 4.69) is 15.9 Å². The Kier molecular flexibility index (Phi) is 3.91. The number of hydrogen-bond donors (Lipinski definition) is 1. The van der Waals surface area contributed by atoms with Crippen LogP contribution in [0.4, 0.5) is 10.1 Å². The molecule has 2 aromatic rings. The van der Waals surface area contributed by atoms with Crippen LogP contribution in [0.25, 0.3) is 0 Å². The van der Waals surface area contributed by atoms with Gasteiger partial charge in [0, 0.05) is 10.2 Å². The molecule has 19 heavy (non-hydrogen) atoms. The predicted octanol–water partition coefficient (Wildman–Crippen LogP) is 3.14. The molecule has 0 fully saturated rings. The van der Waals surface area contributed by atoms with Gasteiger partial charge in [0.1, 0.15) is 5.82 Å². The van der Waals surface area contributed by atoms with Gasteiger partial charge in [0.15, 0.2) is 9.84 Å². The fourth-order valence-corrected chi connectivity index (χ4v) is 3.27. The van der Waals surface area contributed by atoms with Crippen LogP contribution in [0.2, 0.25) is 0 Å². The second-order valence-electron chi connectivity index (χ2n) is 4.06. The third-order valence-corrected chi connectivity index (χ3v) is 4.83. The van der Waals surface area contributed by atoms with Gasteiger partial charge in [0.05, 0.1) is 10.6 Å². The van der Waals surface area contributed by atoms with Gasteiger partial charge >= 0.3 is 0 Å². The van der Waals surface area contributed by atoms with Crippen molar-refractivity contribution in [1.29, 1.82) is 0 Å². The largest absolute Gasteiger partial charge is 0.398 e. The van der Waals surface area contributed by atoms with Crippen molar-refractivity contribution in [2.75, 3.05) is 5.73 Å². The summed E-state index contributed by atoms with van der Waals surface area (Å²) in [5.74, 6) is -0.826. The van der Waals surface area contributed by atoms with Crippen LogP contribution < -0.4 is 5.73 Å². The zero-order chi connectivity index (χ0) is 14.0. The summed E-state index contributed by atoms with van der Waals surface area (Å²) >= 11 is 3.24. The van der Waals surface area contributed by atoms with Crippen LogP contribution in [0.15, 0.2) is 51.8 Å². The van der Waals surface area contributed by atoms with Gasteiger partial charge in [-0.2, -0.15) is 0 Å². The molecule has 6 heteroatoms. The number of rotatable bonds is 3. The maximum Gasteiger partial charge on any atom is 0.182 e. The lowest BCUT2D eigenvalue weighted by Gasteiger charge is -2.07. The topological polar surface area (TPSA) is 60.2 Å². The molecule has 3 nitrogen and oxygen atoms in total. The van der Waals surface area contributed by atoms with Crippen molar-refractivity contribution in [3.8, 4) is 0 Å². The van der Waals surface area contributed by atoms with Crippen molar-refractivity contribution < 1.29 is 12.8 Å². The maximum atomic E-state index is 13.1. The normalized spacial score (nSPS) is 11.5. The SMILES string of the molecule is Nc1ccc(F)cc1CS(=O)(=O)c1ccc(Br)cc1. The minimum atomic E-state index is -3.54. The molecule has 0 aliphatic heterocycles. The molecular weight excluding hydrogens is 333 g/mol. The molecule has 0 unspecified atom stereocenters. The van der Waals surface area contributed by atoms with E-state index in [9.17, 15) is 12.8 Å². The summed E-state index contributed by atoms with van der Waals surface area (Å²) in [5, 5.41) is 0. The van der Waals surface area contributed by atoms with Crippen LogP contribution in [-0.4, -0.2) is 8.42 Å². The fourth-order valence-electron chi connectivity index (χ4n) is 1.63. The van der Waals surface area contributed by atoms with Crippen molar-refractivity contribution in [1.82, 2.24) is 0 Å². The minimum absolute atomic E-state index is 0.180. The van der Waals surface area contributed by atoms with Crippen molar-refractivity contribution in [2.45, 2.75) is 10.6 Å². The second-order valence-corrected chi connectivity index (χ2v) is 6.96. The van der Waals surface area contributed by atoms with E-state index in [0.29, 0.717) is 0 Å². The van der Waals surface area contributed by atoms with Crippen LogP contribution in [-0.2, 0) is 15.6 Å². The molecule has 0 saturated carbocycles. The van der Waals surface area contributed by atoms with Gasteiger partial charge < -0.3 is 5.73 Å². The summed E-state index contributed by atoms with van der Waals surface area (Å²) < 4.78 is 38.3. The van der Waals surface area contributed by atoms with E-state index in [1.165, 1.54) is 24.3 Å². The van der Waals surface area contributed by atoms with Crippen LogP contribution in [0.1, 0.15) is 5.56 Å². The molecule has 0 radical (unpaired) electrons. The number of hydrogen-bond acceptors (Lipinski definition) is 3. The fraction of sp³-hybridized carbons (Fsp3) is 0.0769. The van der Waals surface area contributed by atoms with Gasteiger partial charge in [-0.05, 0) is 48.0 Å². The van der Waals surface area contributed by atoms with Gasteiger partial charge in [-0.15, -0.1) is 0 Å². The minimum Gasteiger partial charge on any atom is -0.398 e.